The number of hydrogen-bond acceptors (Lipinski definition) is 6. The van der Waals surface area contributed by atoms with Crippen molar-refractivity contribution in [1.82, 2.24) is 14.9 Å². The summed E-state index contributed by atoms with van der Waals surface area (Å²) in [6.45, 7) is 6.79. The minimum atomic E-state index is 0.688. The van der Waals surface area contributed by atoms with E-state index in [4.69, 9.17) is 19.4 Å². The van der Waals surface area contributed by atoms with Crippen molar-refractivity contribution in [2.45, 2.75) is 18.4 Å². The van der Waals surface area contributed by atoms with E-state index < -0.39 is 0 Å². The highest BCUT2D eigenvalue weighted by atomic mass is 32.2. The van der Waals surface area contributed by atoms with Crippen LogP contribution in [0.25, 0.3) is 11.4 Å². The second-order valence-electron chi connectivity index (χ2n) is 7.69. The molecule has 0 radical (unpaired) electrons. The largest absolute Gasteiger partial charge is 0.438 e. The molecule has 2 aliphatic rings. The normalized spacial score (nSPS) is 15.9. The first kappa shape index (κ1) is 19.5. The summed E-state index contributed by atoms with van der Waals surface area (Å²) < 4.78 is 11.7. The van der Waals surface area contributed by atoms with E-state index >= 15 is 0 Å². The maximum atomic E-state index is 6.21. The van der Waals surface area contributed by atoms with Gasteiger partial charge in [-0.25, -0.2) is 4.98 Å². The number of thioether (sulfide) groups is 1. The van der Waals surface area contributed by atoms with Crippen molar-refractivity contribution in [1.29, 1.82) is 0 Å². The predicted octanol–water partition coefficient (Wildman–Crippen LogP) is 4.57. The van der Waals surface area contributed by atoms with Crippen LogP contribution < -0.4 is 4.74 Å². The Hall–Kier alpha value is -2.41. The van der Waals surface area contributed by atoms with E-state index in [0.717, 1.165) is 72.7 Å². The van der Waals surface area contributed by atoms with Gasteiger partial charge in [0.1, 0.15) is 10.8 Å². The zero-order valence-electron chi connectivity index (χ0n) is 17.1. The van der Waals surface area contributed by atoms with Crippen LogP contribution >= 0.6 is 11.8 Å². The molecule has 0 atom stereocenters. The van der Waals surface area contributed by atoms with E-state index in [9.17, 15) is 0 Å². The van der Waals surface area contributed by atoms with Crippen LogP contribution in [0, 0.1) is 6.92 Å². The summed E-state index contributed by atoms with van der Waals surface area (Å²) >= 11 is 1.80. The summed E-state index contributed by atoms with van der Waals surface area (Å²) in [7, 11) is 0. The molecule has 0 amide bonds. The molecule has 5 nitrogen and oxygen atoms in total. The SMILES string of the molecule is Cc1ccc(-c2nc3c(c(SCCN4CCOCC4)n2)Cc2ccccc2O3)cc1. The second kappa shape index (κ2) is 8.76. The average molecular weight is 420 g/mol. The third kappa shape index (κ3) is 4.21. The average Bonchev–Trinajstić information content (AvgIpc) is 2.79. The van der Waals surface area contributed by atoms with Crippen molar-refractivity contribution in [3.8, 4) is 23.0 Å². The van der Waals surface area contributed by atoms with Gasteiger partial charge in [-0.1, -0.05) is 48.0 Å². The monoisotopic (exact) mass is 419 g/mol. The lowest BCUT2D eigenvalue weighted by Crippen LogP contribution is -2.37. The van der Waals surface area contributed by atoms with Crippen molar-refractivity contribution < 1.29 is 9.47 Å². The fraction of sp³-hybridized carbons (Fsp3) is 0.333. The van der Waals surface area contributed by atoms with E-state index in [-0.39, 0.29) is 0 Å². The number of aryl methyl sites for hydroxylation is 1. The van der Waals surface area contributed by atoms with E-state index in [1.165, 1.54) is 11.1 Å². The van der Waals surface area contributed by atoms with Crippen LogP contribution in [0.15, 0.2) is 53.6 Å². The minimum Gasteiger partial charge on any atom is -0.438 e. The van der Waals surface area contributed by atoms with Crippen molar-refractivity contribution in [2.24, 2.45) is 0 Å². The van der Waals surface area contributed by atoms with Gasteiger partial charge in [-0.2, -0.15) is 4.98 Å². The fourth-order valence-electron chi connectivity index (χ4n) is 3.77. The Bertz CT molecular complexity index is 1030. The smallest absolute Gasteiger partial charge is 0.227 e. The van der Waals surface area contributed by atoms with Crippen LogP contribution in [-0.4, -0.2) is 53.5 Å². The number of fused-ring (bicyclic) bond motifs is 2. The zero-order valence-corrected chi connectivity index (χ0v) is 18.0. The molecule has 3 heterocycles. The van der Waals surface area contributed by atoms with Gasteiger partial charge in [-0.05, 0) is 18.6 Å². The highest BCUT2D eigenvalue weighted by Gasteiger charge is 2.24. The van der Waals surface area contributed by atoms with Crippen LogP contribution in [0.5, 0.6) is 11.6 Å². The summed E-state index contributed by atoms with van der Waals surface area (Å²) in [6.07, 6.45) is 0.805. The van der Waals surface area contributed by atoms with Gasteiger partial charge in [0.05, 0.1) is 18.8 Å². The van der Waals surface area contributed by atoms with Crippen LogP contribution in [0.3, 0.4) is 0 Å². The molecule has 1 aromatic heterocycles. The standard InChI is InChI=1S/C24H25N3O2S/c1-17-6-8-18(9-7-17)22-25-23-20(16-19-4-2-3-5-21(19)29-23)24(26-22)30-15-12-27-10-13-28-14-11-27/h2-9H,10-16H2,1H3. The zero-order chi connectivity index (χ0) is 20.3. The molecule has 1 fully saturated rings. The summed E-state index contributed by atoms with van der Waals surface area (Å²) in [6, 6.07) is 16.5. The number of nitrogens with zero attached hydrogens (tertiary/aromatic N) is 3. The van der Waals surface area contributed by atoms with Gasteiger partial charge < -0.3 is 9.47 Å². The molecule has 0 N–H and O–H groups in total. The lowest BCUT2D eigenvalue weighted by atomic mass is 10.0. The number of morpholine rings is 1. The Kier molecular flexibility index (Phi) is 5.71. The first-order valence-corrected chi connectivity index (χ1v) is 11.4. The summed E-state index contributed by atoms with van der Waals surface area (Å²) in [5.74, 6) is 3.29. The molecule has 1 saturated heterocycles. The first-order valence-electron chi connectivity index (χ1n) is 10.4. The molecular formula is C24H25N3O2S. The number of aromatic nitrogens is 2. The van der Waals surface area contributed by atoms with E-state index in [2.05, 4.69) is 48.2 Å². The number of ether oxygens (including phenoxy) is 2. The van der Waals surface area contributed by atoms with Gasteiger partial charge in [-0.15, -0.1) is 11.8 Å². The van der Waals surface area contributed by atoms with Gasteiger partial charge in [0, 0.05) is 37.4 Å². The predicted molar refractivity (Wildman–Crippen MR) is 120 cm³/mol. The highest BCUT2D eigenvalue weighted by molar-refractivity contribution is 7.99. The Labute approximate surface area is 181 Å². The first-order chi connectivity index (χ1) is 14.8. The lowest BCUT2D eigenvalue weighted by molar-refractivity contribution is 0.0410. The van der Waals surface area contributed by atoms with Crippen molar-refractivity contribution >= 4 is 11.8 Å². The van der Waals surface area contributed by atoms with Crippen LogP contribution in [0.2, 0.25) is 0 Å². The van der Waals surface area contributed by atoms with E-state index in [1.54, 1.807) is 11.8 Å². The van der Waals surface area contributed by atoms with Gasteiger partial charge in [0.25, 0.3) is 0 Å². The molecule has 154 valence electrons. The van der Waals surface area contributed by atoms with E-state index in [1.807, 2.05) is 12.1 Å². The Morgan fingerprint density at radius 2 is 1.80 bits per heavy atom. The molecule has 2 aromatic carbocycles. The third-order valence-corrected chi connectivity index (χ3v) is 6.54. The Morgan fingerprint density at radius 1 is 1.00 bits per heavy atom. The van der Waals surface area contributed by atoms with Gasteiger partial charge in [0.2, 0.25) is 5.88 Å². The maximum absolute atomic E-state index is 6.21. The maximum Gasteiger partial charge on any atom is 0.227 e. The molecule has 3 aromatic rings. The van der Waals surface area contributed by atoms with Crippen molar-refractivity contribution in [3.63, 3.8) is 0 Å². The van der Waals surface area contributed by atoms with Gasteiger partial charge in [0.15, 0.2) is 5.82 Å². The Balaban J connectivity index is 1.44. The summed E-state index contributed by atoms with van der Waals surface area (Å²) in [4.78, 5) is 12.2. The quantitative estimate of drug-likeness (QED) is 0.349. The topological polar surface area (TPSA) is 47.5 Å². The van der Waals surface area contributed by atoms with Crippen LogP contribution in [0.4, 0.5) is 0 Å². The molecule has 2 aliphatic heterocycles. The Morgan fingerprint density at radius 3 is 2.63 bits per heavy atom. The fourth-order valence-corrected chi connectivity index (χ4v) is 4.80. The van der Waals surface area contributed by atoms with Crippen LogP contribution in [0.1, 0.15) is 16.7 Å². The lowest BCUT2D eigenvalue weighted by Gasteiger charge is -2.26. The highest BCUT2D eigenvalue weighted by Crippen LogP contribution is 2.40. The molecule has 0 unspecified atom stereocenters. The van der Waals surface area contributed by atoms with Crippen LogP contribution in [-0.2, 0) is 11.2 Å². The summed E-state index contributed by atoms with van der Waals surface area (Å²) in [5.41, 5.74) is 4.52. The summed E-state index contributed by atoms with van der Waals surface area (Å²) in [5, 5.41) is 1.03. The molecule has 30 heavy (non-hydrogen) atoms. The van der Waals surface area contributed by atoms with Crippen molar-refractivity contribution in [2.75, 3.05) is 38.6 Å². The third-order valence-electron chi connectivity index (χ3n) is 5.54. The number of rotatable bonds is 5. The number of hydrogen-bond donors (Lipinski definition) is 0. The molecular weight excluding hydrogens is 394 g/mol. The van der Waals surface area contributed by atoms with Crippen molar-refractivity contribution in [3.05, 3.63) is 65.2 Å². The molecule has 0 saturated carbocycles. The van der Waals surface area contributed by atoms with E-state index in [0.29, 0.717) is 5.88 Å². The van der Waals surface area contributed by atoms with Gasteiger partial charge in [-0.3, -0.25) is 4.90 Å². The number of benzene rings is 2. The number of para-hydroxylation sites is 1. The molecule has 6 heteroatoms. The molecule has 0 spiro atoms. The minimum absolute atomic E-state index is 0.688. The molecule has 5 rings (SSSR count). The molecule has 0 bridgehead atoms. The molecule has 0 aliphatic carbocycles. The second-order valence-corrected chi connectivity index (χ2v) is 8.77. The van der Waals surface area contributed by atoms with Gasteiger partial charge >= 0.3 is 0 Å².